The molecule has 1 aliphatic heterocycles. The van der Waals surface area contributed by atoms with Crippen molar-refractivity contribution < 1.29 is 12.8 Å². The molecule has 0 bridgehead atoms. The zero-order chi connectivity index (χ0) is 19.3. The molecule has 0 spiro atoms. The van der Waals surface area contributed by atoms with E-state index in [0.29, 0.717) is 17.0 Å². The van der Waals surface area contributed by atoms with Crippen LogP contribution in [0.15, 0.2) is 30.3 Å². The van der Waals surface area contributed by atoms with Gasteiger partial charge in [0.1, 0.15) is 5.75 Å². The highest BCUT2D eigenvalue weighted by Crippen LogP contribution is 2.39. The van der Waals surface area contributed by atoms with Gasteiger partial charge in [-0.2, -0.15) is 4.31 Å². The predicted molar refractivity (Wildman–Crippen MR) is 108 cm³/mol. The number of hydrogen-bond donors (Lipinski definition) is 0. The first kappa shape index (κ1) is 20.2. The van der Waals surface area contributed by atoms with E-state index in [9.17, 15) is 8.42 Å². The Morgan fingerprint density at radius 3 is 2.16 bits per heavy atom. The van der Waals surface area contributed by atoms with Crippen molar-refractivity contribution in [1.29, 1.82) is 0 Å². The first-order valence-corrected chi connectivity index (χ1v) is 13.0. The average molecular weight is 382 g/mol. The second-order valence-electron chi connectivity index (χ2n) is 9.17. The van der Waals surface area contributed by atoms with Crippen LogP contribution in [0.5, 0.6) is 5.75 Å². The lowest BCUT2D eigenvalue weighted by molar-refractivity contribution is 0.278. The Bertz CT molecular complexity index is 784. The van der Waals surface area contributed by atoms with Crippen molar-refractivity contribution >= 4 is 23.2 Å². The summed E-state index contributed by atoms with van der Waals surface area (Å²) in [7, 11) is -5.44. The SMILES string of the molecule is CC(C)(C)N1CC=C(c2cccc(O[Si](C)(C)C(C)(C)C)c2)S1(=O)=O. The van der Waals surface area contributed by atoms with E-state index in [1.165, 1.54) is 4.31 Å². The Labute approximate surface area is 154 Å². The van der Waals surface area contributed by atoms with Crippen LogP contribution in [0.2, 0.25) is 18.1 Å². The number of sulfonamides is 1. The van der Waals surface area contributed by atoms with Gasteiger partial charge < -0.3 is 4.43 Å². The molecule has 0 radical (unpaired) electrons. The van der Waals surface area contributed by atoms with Crippen LogP contribution in [0.4, 0.5) is 0 Å². The van der Waals surface area contributed by atoms with Gasteiger partial charge in [-0.3, -0.25) is 0 Å². The normalized spacial score (nSPS) is 19.0. The largest absolute Gasteiger partial charge is 0.543 e. The molecule has 0 N–H and O–H groups in total. The standard InChI is InChI=1S/C19H31NO3SSi/c1-18(2,3)20-13-12-17(24(20,21)22)15-10-9-11-16(14-15)23-25(7,8)19(4,5)6/h9-12,14H,13H2,1-8H3. The van der Waals surface area contributed by atoms with Gasteiger partial charge in [0.05, 0.1) is 4.91 Å². The van der Waals surface area contributed by atoms with Gasteiger partial charge in [-0.15, -0.1) is 0 Å². The van der Waals surface area contributed by atoms with Gasteiger partial charge in [-0.1, -0.05) is 32.9 Å². The van der Waals surface area contributed by atoms with Crippen LogP contribution in [0.25, 0.3) is 4.91 Å². The molecule has 1 aromatic carbocycles. The summed E-state index contributed by atoms with van der Waals surface area (Å²) >= 11 is 0. The van der Waals surface area contributed by atoms with E-state index in [2.05, 4.69) is 33.9 Å². The molecular weight excluding hydrogens is 350 g/mol. The molecule has 0 unspecified atom stereocenters. The summed E-state index contributed by atoms with van der Waals surface area (Å²) in [6, 6.07) is 7.48. The maximum Gasteiger partial charge on any atom is 0.250 e. The smallest absolute Gasteiger partial charge is 0.250 e. The van der Waals surface area contributed by atoms with Crippen molar-refractivity contribution in [1.82, 2.24) is 4.31 Å². The third-order valence-corrected chi connectivity index (χ3v) is 11.7. The minimum Gasteiger partial charge on any atom is -0.543 e. The summed E-state index contributed by atoms with van der Waals surface area (Å²) in [6.07, 6.45) is 1.80. The minimum absolute atomic E-state index is 0.0880. The van der Waals surface area contributed by atoms with Crippen molar-refractivity contribution in [2.75, 3.05) is 6.54 Å². The van der Waals surface area contributed by atoms with Gasteiger partial charge in [0.25, 0.3) is 0 Å². The first-order valence-electron chi connectivity index (χ1n) is 8.69. The zero-order valence-electron chi connectivity index (χ0n) is 16.7. The van der Waals surface area contributed by atoms with Crippen molar-refractivity contribution in [3.8, 4) is 5.75 Å². The van der Waals surface area contributed by atoms with Crippen molar-refractivity contribution in [2.24, 2.45) is 0 Å². The summed E-state index contributed by atoms with van der Waals surface area (Å²) in [5, 5.41) is 0.0880. The third kappa shape index (κ3) is 4.01. The summed E-state index contributed by atoms with van der Waals surface area (Å²) in [5.74, 6) is 0.745. The molecule has 6 heteroatoms. The fourth-order valence-corrected chi connectivity index (χ4v) is 5.51. The Balaban J connectivity index is 2.35. The van der Waals surface area contributed by atoms with E-state index in [-0.39, 0.29) is 5.04 Å². The topological polar surface area (TPSA) is 46.6 Å². The van der Waals surface area contributed by atoms with E-state index in [1.54, 1.807) is 6.08 Å². The molecule has 1 aromatic rings. The first-order chi connectivity index (χ1) is 11.2. The minimum atomic E-state index is -3.48. The molecule has 0 aliphatic carbocycles. The van der Waals surface area contributed by atoms with Gasteiger partial charge >= 0.3 is 0 Å². The van der Waals surface area contributed by atoms with Gasteiger partial charge in [-0.25, -0.2) is 8.42 Å². The lowest BCUT2D eigenvalue weighted by Gasteiger charge is -2.36. The molecule has 0 atom stereocenters. The molecule has 0 saturated carbocycles. The zero-order valence-corrected chi connectivity index (χ0v) is 18.5. The highest BCUT2D eigenvalue weighted by Gasteiger charge is 2.41. The van der Waals surface area contributed by atoms with Crippen molar-refractivity contribution in [3.05, 3.63) is 35.9 Å². The lowest BCUT2D eigenvalue weighted by Crippen LogP contribution is -2.43. The molecule has 4 nitrogen and oxygen atoms in total. The summed E-state index contributed by atoms with van der Waals surface area (Å²) in [6.45, 7) is 17.1. The number of rotatable bonds is 3. The van der Waals surface area contributed by atoms with E-state index in [1.807, 2.05) is 45.0 Å². The van der Waals surface area contributed by atoms with Gasteiger partial charge in [0, 0.05) is 12.1 Å². The van der Waals surface area contributed by atoms with Gasteiger partial charge in [0.15, 0.2) is 0 Å². The van der Waals surface area contributed by atoms with E-state index in [4.69, 9.17) is 4.43 Å². The highest BCUT2D eigenvalue weighted by atomic mass is 32.2. The van der Waals surface area contributed by atoms with Crippen molar-refractivity contribution in [3.63, 3.8) is 0 Å². The highest BCUT2D eigenvalue weighted by molar-refractivity contribution is 7.98. The van der Waals surface area contributed by atoms with E-state index in [0.717, 1.165) is 5.75 Å². The molecule has 1 aliphatic rings. The van der Waals surface area contributed by atoms with Crippen LogP contribution in [0, 0.1) is 0 Å². The maximum atomic E-state index is 12.9. The molecule has 140 valence electrons. The van der Waals surface area contributed by atoms with Crippen LogP contribution >= 0.6 is 0 Å². The van der Waals surface area contributed by atoms with Crippen LogP contribution in [0.3, 0.4) is 0 Å². The van der Waals surface area contributed by atoms with Crippen LogP contribution in [-0.2, 0) is 10.0 Å². The Morgan fingerprint density at radius 2 is 1.68 bits per heavy atom. The number of nitrogens with zero attached hydrogens (tertiary/aromatic N) is 1. The molecule has 0 amide bonds. The van der Waals surface area contributed by atoms with E-state index >= 15 is 0 Å². The summed E-state index contributed by atoms with van der Waals surface area (Å²) in [5.41, 5.74) is 0.259. The molecule has 0 saturated heterocycles. The molecule has 2 rings (SSSR count). The van der Waals surface area contributed by atoms with Crippen LogP contribution in [-0.4, -0.2) is 33.1 Å². The van der Waals surface area contributed by atoms with Gasteiger partial charge in [-0.05, 0) is 62.7 Å². The van der Waals surface area contributed by atoms with Crippen LogP contribution < -0.4 is 4.43 Å². The van der Waals surface area contributed by atoms with Crippen molar-refractivity contribution in [2.45, 2.75) is 65.2 Å². The fourth-order valence-electron chi connectivity index (χ4n) is 2.55. The summed E-state index contributed by atoms with van der Waals surface area (Å²) < 4.78 is 33.7. The molecule has 1 heterocycles. The second-order valence-corrected chi connectivity index (χ2v) is 15.7. The monoisotopic (exact) mass is 381 g/mol. The third-order valence-electron chi connectivity index (χ3n) is 5.06. The van der Waals surface area contributed by atoms with Gasteiger partial charge in [0.2, 0.25) is 18.3 Å². The molecular formula is C19H31NO3SSi. The molecule has 25 heavy (non-hydrogen) atoms. The molecule has 0 aromatic heterocycles. The number of hydrogen-bond acceptors (Lipinski definition) is 3. The van der Waals surface area contributed by atoms with Crippen LogP contribution in [0.1, 0.15) is 47.1 Å². The van der Waals surface area contributed by atoms with E-state index < -0.39 is 23.9 Å². The lowest BCUT2D eigenvalue weighted by atomic mass is 10.1. The molecule has 0 fully saturated rings. The fraction of sp³-hybridized carbons (Fsp3) is 0.579. The second kappa shape index (κ2) is 6.25. The number of benzene rings is 1. The maximum absolute atomic E-state index is 12.9. The Kier molecular flexibility index (Phi) is 5.05. The quantitative estimate of drug-likeness (QED) is 0.703. The predicted octanol–water partition coefficient (Wildman–Crippen LogP) is 4.86. The Hall–Kier alpha value is -1.11. The average Bonchev–Trinajstić information content (AvgIpc) is 2.72. The summed E-state index contributed by atoms with van der Waals surface area (Å²) in [4.78, 5) is 0.378. The Morgan fingerprint density at radius 1 is 1.08 bits per heavy atom.